The third-order valence-electron chi connectivity index (χ3n) is 3.70. The Kier molecular flexibility index (Phi) is 7.23. The minimum absolute atomic E-state index is 0.473. The highest BCUT2D eigenvalue weighted by molar-refractivity contribution is 7.49. The minimum atomic E-state index is -0.670. The molecule has 1 atom stereocenters. The summed E-state index contributed by atoms with van der Waals surface area (Å²) in [4.78, 5) is 0. The van der Waals surface area contributed by atoms with Crippen molar-refractivity contribution in [1.29, 1.82) is 0 Å². The molecule has 1 unspecified atom stereocenters. The average molecular weight is 329 g/mol. The molecule has 0 radical (unpaired) electrons. The zero-order valence-corrected chi connectivity index (χ0v) is 15.5. The number of hydrogen-bond acceptors (Lipinski definition) is 2. The SMILES string of the molecule is CC(C)N(C(C)C)P(Cc1ccccc1)OCc1ccccc1. The molecule has 0 amide bonds. The molecule has 0 aliphatic rings. The highest BCUT2D eigenvalue weighted by Gasteiger charge is 2.25. The van der Waals surface area contributed by atoms with Gasteiger partial charge in [0.05, 0.1) is 6.61 Å². The third kappa shape index (κ3) is 5.73. The van der Waals surface area contributed by atoms with Gasteiger partial charge in [0.2, 0.25) is 0 Å². The van der Waals surface area contributed by atoms with Gasteiger partial charge >= 0.3 is 0 Å². The van der Waals surface area contributed by atoms with Gasteiger partial charge in [-0.2, -0.15) is 0 Å². The Hall–Kier alpha value is -1.21. The van der Waals surface area contributed by atoms with Crippen LogP contribution in [0.2, 0.25) is 0 Å². The molecular weight excluding hydrogens is 301 g/mol. The molecule has 0 bridgehead atoms. The van der Waals surface area contributed by atoms with Gasteiger partial charge < -0.3 is 4.52 Å². The van der Waals surface area contributed by atoms with Gasteiger partial charge in [-0.3, -0.25) is 4.67 Å². The lowest BCUT2D eigenvalue weighted by atomic mass is 10.2. The maximum absolute atomic E-state index is 6.41. The van der Waals surface area contributed by atoms with E-state index in [9.17, 15) is 0 Å². The molecule has 0 aromatic heterocycles. The van der Waals surface area contributed by atoms with Crippen LogP contribution in [0.1, 0.15) is 38.8 Å². The molecule has 0 saturated heterocycles. The van der Waals surface area contributed by atoms with Crippen LogP contribution in [-0.2, 0) is 17.3 Å². The van der Waals surface area contributed by atoms with Crippen molar-refractivity contribution >= 4 is 8.30 Å². The predicted octanol–water partition coefficient (Wildman–Crippen LogP) is 5.83. The molecule has 0 saturated carbocycles. The summed E-state index contributed by atoms with van der Waals surface area (Å²) < 4.78 is 8.93. The fourth-order valence-electron chi connectivity index (χ4n) is 2.77. The third-order valence-corrected chi connectivity index (χ3v) is 6.20. The van der Waals surface area contributed by atoms with Crippen LogP contribution in [0, 0.1) is 0 Å². The van der Waals surface area contributed by atoms with E-state index in [4.69, 9.17) is 4.52 Å². The Balaban J connectivity index is 2.12. The van der Waals surface area contributed by atoms with Crippen LogP contribution in [-0.4, -0.2) is 16.8 Å². The standard InChI is InChI=1S/C20H28NOP/c1-17(2)21(18(3)4)23(16-20-13-9-6-10-14-20)22-15-19-11-7-5-8-12-19/h5-14,17-18H,15-16H2,1-4H3. The van der Waals surface area contributed by atoms with Crippen LogP contribution in [0.15, 0.2) is 60.7 Å². The summed E-state index contributed by atoms with van der Waals surface area (Å²) >= 11 is 0. The molecule has 23 heavy (non-hydrogen) atoms. The summed E-state index contributed by atoms with van der Waals surface area (Å²) in [6, 6.07) is 22.1. The molecule has 0 fully saturated rings. The lowest BCUT2D eigenvalue weighted by Gasteiger charge is -2.37. The van der Waals surface area contributed by atoms with Crippen LogP contribution in [0.3, 0.4) is 0 Å². The van der Waals surface area contributed by atoms with Crippen molar-refractivity contribution in [2.24, 2.45) is 0 Å². The van der Waals surface area contributed by atoms with Gasteiger partial charge in [0.25, 0.3) is 0 Å². The number of rotatable bonds is 8. The highest BCUT2D eigenvalue weighted by Crippen LogP contribution is 2.48. The van der Waals surface area contributed by atoms with E-state index in [-0.39, 0.29) is 0 Å². The second-order valence-electron chi connectivity index (χ2n) is 6.32. The summed E-state index contributed by atoms with van der Waals surface area (Å²) in [5.41, 5.74) is 2.58. The van der Waals surface area contributed by atoms with Gasteiger partial charge in [-0.1, -0.05) is 60.7 Å². The average Bonchev–Trinajstić information content (AvgIpc) is 2.54. The molecule has 0 aliphatic carbocycles. The molecule has 0 N–H and O–H groups in total. The Bertz CT molecular complexity index is 548. The van der Waals surface area contributed by atoms with Crippen molar-refractivity contribution in [1.82, 2.24) is 4.67 Å². The van der Waals surface area contributed by atoms with Gasteiger partial charge in [0.15, 0.2) is 0 Å². The quantitative estimate of drug-likeness (QED) is 0.565. The largest absolute Gasteiger partial charge is 0.339 e. The first-order chi connectivity index (χ1) is 11.1. The van der Waals surface area contributed by atoms with E-state index in [2.05, 4.69) is 87.0 Å². The van der Waals surface area contributed by atoms with Gasteiger partial charge in [-0.15, -0.1) is 0 Å². The van der Waals surface area contributed by atoms with E-state index in [1.165, 1.54) is 11.1 Å². The molecule has 2 aromatic carbocycles. The Morgan fingerprint density at radius 3 is 1.74 bits per heavy atom. The van der Waals surface area contributed by atoms with Crippen LogP contribution in [0.25, 0.3) is 0 Å². The second kappa shape index (κ2) is 9.17. The van der Waals surface area contributed by atoms with Crippen molar-refractivity contribution in [3.8, 4) is 0 Å². The summed E-state index contributed by atoms with van der Waals surface area (Å²) in [5.74, 6) is 0. The highest BCUT2D eigenvalue weighted by atomic mass is 31.2. The Morgan fingerprint density at radius 1 is 0.783 bits per heavy atom. The van der Waals surface area contributed by atoms with E-state index in [1.807, 2.05) is 6.07 Å². The smallest absolute Gasteiger partial charge is 0.109 e. The van der Waals surface area contributed by atoms with E-state index in [0.29, 0.717) is 18.7 Å². The van der Waals surface area contributed by atoms with Gasteiger partial charge in [-0.05, 0) is 38.8 Å². The van der Waals surface area contributed by atoms with E-state index >= 15 is 0 Å². The summed E-state index contributed by atoms with van der Waals surface area (Å²) in [5, 5.41) is 0. The fourth-order valence-corrected chi connectivity index (χ4v) is 5.01. The van der Waals surface area contributed by atoms with Gasteiger partial charge in [-0.25, -0.2) is 0 Å². The normalized spacial score (nSPS) is 13.0. The summed E-state index contributed by atoms with van der Waals surface area (Å²) in [7, 11) is -0.670. The number of hydrogen-bond donors (Lipinski definition) is 0. The van der Waals surface area contributed by atoms with Crippen LogP contribution >= 0.6 is 8.30 Å². The first-order valence-electron chi connectivity index (χ1n) is 8.34. The van der Waals surface area contributed by atoms with E-state index in [0.717, 1.165) is 6.16 Å². The molecule has 0 heterocycles. The fraction of sp³-hybridized carbons (Fsp3) is 0.400. The van der Waals surface area contributed by atoms with E-state index in [1.54, 1.807) is 0 Å². The molecule has 124 valence electrons. The lowest BCUT2D eigenvalue weighted by molar-refractivity contribution is 0.247. The monoisotopic (exact) mass is 329 g/mol. The lowest BCUT2D eigenvalue weighted by Crippen LogP contribution is -2.33. The predicted molar refractivity (Wildman–Crippen MR) is 100 cm³/mol. The molecule has 3 heteroatoms. The van der Waals surface area contributed by atoms with Crippen LogP contribution in [0.5, 0.6) is 0 Å². The molecule has 0 aliphatic heterocycles. The first kappa shape index (κ1) is 18.1. The first-order valence-corrected chi connectivity index (χ1v) is 9.74. The Morgan fingerprint density at radius 2 is 1.26 bits per heavy atom. The molecular formula is C20H28NOP. The zero-order valence-electron chi connectivity index (χ0n) is 14.6. The van der Waals surface area contributed by atoms with Crippen molar-refractivity contribution in [3.05, 3.63) is 71.8 Å². The van der Waals surface area contributed by atoms with E-state index < -0.39 is 8.30 Å². The zero-order chi connectivity index (χ0) is 16.7. The minimum Gasteiger partial charge on any atom is -0.339 e. The molecule has 0 spiro atoms. The van der Waals surface area contributed by atoms with Crippen LogP contribution in [0.4, 0.5) is 0 Å². The second-order valence-corrected chi connectivity index (χ2v) is 8.06. The van der Waals surface area contributed by atoms with Crippen molar-refractivity contribution in [2.75, 3.05) is 0 Å². The van der Waals surface area contributed by atoms with Crippen molar-refractivity contribution in [3.63, 3.8) is 0 Å². The Labute approximate surface area is 142 Å². The topological polar surface area (TPSA) is 12.5 Å². The molecule has 2 nitrogen and oxygen atoms in total. The van der Waals surface area contributed by atoms with Gasteiger partial charge in [0.1, 0.15) is 8.30 Å². The maximum Gasteiger partial charge on any atom is 0.109 e. The van der Waals surface area contributed by atoms with Crippen molar-refractivity contribution < 1.29 is 4.52 Å². The summed E-state index contributed by atoms with van der Waals surface area (Å²) in [6.45, 7) is 9.70. The molecule has 2 rings (SSSR count). The number of benzene rings is 2. The maximum atomic E-state index is 6.41. The van der Waals surface area contributed by atoms with Crippen molar-refractivity contribution in [2.45, 2.75) is 52.5 Å². The molecule has 2 aromatic rings. The number of nitrogens with zero attached hydrogens (tertiary/aromatic N) is 1. The summed E-state index contributed by atoms with van der Waals surface area (Å²) in [6.07, 6.45) is 0.972. The van der Waals surface area contributed by atoms with Crippen LogP contribution < -0.4 is 0 Å². The van der Waals surface area contributed by atoms with Gasteiger partial charge in [0, 0.05) is 18.2 Å².